The normalized spacial score (nSPS) is 11.4. The minimum Gasteiger partial charge on any atom is -0.459 e. The molecule has 3 aromatic rings. The van der Waals surface area contributed by atoms with Gasteiger partial charge in [-0.3, -0.25) is 4.79 Å². The molecule has 0 fully saturated rings. The van der Waals surface area contributed by atoms with E-state index in [0.717, 1.165) is 17.4 Å². The van der Waals surface area contributed by atoms with Gasteiger partial charge in [-0.15, -0.1) is 0 Å². The van der Waals surface area contributed by atoms with Crippen molar-refractivity contribution in [1.82, 2.24) is 10.0 Å². The summed E-state index contributed by atoms with van der Waals surface area (Å²) in [6.45, 7) is 0.589. The van der Waals surface area contributed by atoms with Crippen LogP contribution < -0.4 is 10.0 Å². The lowest BCUT2D eigenvalue weighted by Gasteiger charge is -2.06. The van der Waals surface area contributed by atoms with Crippen LogP contribution in [0, 0.1) is 0 Å². The number of carbonyl (C=O) groups excluding carboxylic acids is 1. The molecule has 0 bridgehead atoms. The summed E-state index contributed by atoms with van der Waals surface area (Å²) in [5, 5.41) is 3.48. The van der Waals surface area contributed by atoms with E-state index in [9.17, 15) is 13.2 Å². The Labute approximate surface area is 174 Å². The van der Waals surface area contributed by atoms with E-state index in [-0.39, 0.29) is 12.5 Å². The Balaban J connectivity index is 1.52. The quantitative estimate of drug-likeness (QED) is 0.569. The minimum atomic E-state index is -3.20. The fraction of sp³-hybridized carbons (Fsp3) is 0.190. The summed E-state index contributed by atoms with van der Waals surface area (Å²) in [7, 11) is -3.20. The Morgan fingerprint density at radius 2 is 1.69 bits per heavy atom. The Morgan fingerprint density at radius 1 is 1.00 bits per heavy atom. The summed E-state index contributed by atoms with van der Waals surface area (Å²) >= 11 is 5.89. The van der Waals surface area contributed by atoms with Crippen LogP contribution in [0.3, 0.4) is 0 Å². The van der Waals surface area contributed by atoms with Gasteiger partial charge in [0.1, 0.15) is 11.5 Å². The first-order valence-corrected chi connectivity index (χ1v) is 11.2. The Kier molecular flexibility index (Phi) is 6.74. The van der Waals surface area contributed by atoms with Crippen molar-refractivity contribution in [2.24, 2.45) is 0 Å². The molecule has 3 rings (SSSR count). The third-order valence-corrected chi connectivity index (χ3v) is 5.19. The van der Waals surface area contributed by atoms with E-state index < -0.39 is 10.0 Å². The van der Waals surface area contributed by atoms with Gasteiger partial charge < -0.3 is 9.73 Å². The molecule has 0 saturated carbocycles. The summed E-state index contributed by atoms with van der Waals surface area (Å²) in [6.07, 6.45) is 1.67. The van der Waals surface area contributed by atoms with E-state index in [0.29, 0.717) is 35.1 Å². The second kappa shape index (κ2) is 9.26. The third-order valence-electron chi connectivity index (χ3n) is 4.21. The lowest BCUT2D eigenvalue weighted by Crippen LogP contribution is -2.24. The maximum atomic E-state index is 12.3. The highest BCUT2D eigenvalue weighted by molar-refractivity contribution is 7.88. The van der Waals surface area contributed by atoms with Gasteiger partial charge in [-0.25, -0.2) is 13.1 Å². The topological polar surface area (TPSA) is 88.4 Å². The number of benzene rings is 2. The SMILES string of the molecule is CS(=O)(=O)NCCc1ccc(C(=O)NCc2ccc(-c3ccc(Cl)cc3)o2)cc1. The first-order valence-electron chi connectivity index (χ1n) is 8.96. The molecule has 0 radical (unpaired) electrons. The molecule has 152 valence electrons. The molecule has 1 aromatic heterocycles. The van der Waals surface area contributed by atoms with Gasteiger partial charge in [0.2, 0.25) is 10.0 Å². The monoisotopic (exact) mass is 432 g/mol. The molecule has 0 saturated heterocycles. The molecule has 8 heteroatoms. The van der Waals surface area contributed by atoms with Crippen molar-refractivity contribution in [2.45, 2.75) is 13.0 Å². The molecule has 0 aliphatic rings. The molecule has 0 aliphatic carbocycles. The predicted molar refractivity (Wildman–Crippen MR) is 113 cm³/mol. The molecular formula is C21H21ClN2O4S. The van der Waals surface area contributed by atoms with Gasteiger partial charge in [0.25, 0.3) is 5.91 Å². The highest BCUT2D eigenvalue weighted by Gasteiger charge is 2.09. The van der Waals surface area contributed by atoms with Crippen molar-refractivity contribution < 1.29 is 17.6 Å². The van der Waals surface area contributed by atoms with Gasteiger partial charge in [-0.05, 0) is 60.5 Å². The molecule has 6 nitrogen and oxygen atoms in total. The van der Waals surface area contributed by atoms with Gasteiger partial charge in [0, 0.05) is 22.7 Å². The Bertz CT molecular complexity index is 1070. The van der Waals surface area contributed by atoms with Crippen LogP contribution in [0.1, 0.15) is 21.7 Å². The number of hydrogen-bond donors (Lipinski definition) is 2. The molecule has 0 aliphatic heterocycles. The van der Waals surface area contributed by atoms with Crippen LogP contribution in [0.5, 0.6) is 0 Å². The second-order valence-corrected chi connectivity index (χ2v) is 8.84. The van der Waals surface area contributed by atoms with E-state index >= 15 is 0 Å². The Morgan fingerprint density at radius 3 is 2.34 bits per heavy atom. The summed E-state index contributed by atoms with van der Waals surface area (Å²) in [6, 6.07) is 18.1. The number of sulfonamides is 1. The summed E-state index contributed by atoms with van der Waals surface area (Å²) in [4.78, 5) is 12.3. The van der Waals surface area contributed by atoms with Crippen molar-refractivity contribution in [3.05, 3.63) is 82.6 Å². The molecule has 0 atom stereocenters. The van der Waals surface area contributed by atoms with E-state index in [1.165, 1.54) is 0 Å². The summed E-state index contributed by atoms with van der Waals surface area (Å²) in [5.74, 6) is 1.14. The van der Waals surface area contributed by atoms with Crippen LogP contribution in [-0.2, 0) is 23.0 Å². The fourth-order valence-electron chi connectivity index (χ4n) is 2.72. The van der Waals surface area contributed by atoms with Crippen LogP contribution in [0.4, 0.5) is 0 Å². The molecule has 1 amide bonds. The zero-order valence-electron chi connectivity index (χ0n) is 15.8. The van der Waals surface area contributed by atoms with Crippen LogP contribution in [-0.4, -0.2) is 27.1 Å². The number of nitrogens with one attached hydrogen (secondary N) is 2. The summed E-state index contributed by atoms with van der Waals surface area (Å²) in [5.41, 5.74) is 2.37. The van der Waals surface area contributed by atoms with Gasteiger partial charge >= 0.3 is 0 Å². The van der Waals surface area contributed by atoms with Crippen molar-refractivity contribution in [3.63, 3.8) is 0 Å². The number of carbonyl (C=O) groups is 1. The number of halogens is 1. The highest BCUT2D eigenvalue weighted by Crippen LogP contribution is 2.23. The highest BCUT2D eigenvalue weighted by atomic mass is 35.5. The predicted octanol–water partition coefficient (Wildman–Crippen LogP) is 3.62. The lowest BCUT2D eigenvalue weighted by molar-refractivity contribution is 0.0948. The van der Waals surface area contributed by atoms with Crippen LogP contribution >= 0.6 is 11.6 Å². The van der Waals surface area contributed by atoms with Crippen LogP contribution in [0.25, 0.3) is 11.3 Å². The molecule has 2 N–H and O–H groups in total. The van der Waals surface area contributed by atoms with Crippen molar-refractivity contribution in [2.75, 3.05) is 12.8 Å². The first kappa shape index (κ1) is 21.1. The van der Waals surface area contributed by atoms with E-state index in [4.69, 9.17) is 16.0 Å². The Hall–Kier alpha value is -2.61. The van der Waals surface area contributed by atoms with Crippen molar-refractivity contribution >= 4 is 27.5 Å². The van der Waals surface area contributed by atoms with Crippen LogP contribution in [0.2, 0.25) is 5.02 Å². The van der Waals surface area contributed by atoms with Crippen molar-refractivity contribution in [1.29, 1.82) is 0 Å². The minimum absolute atomic E-state index is 0.213. The maximum absolute atomic E-state index is 12.3. The number of hydrogen-bond acceptors (Lipinski definition) is 4. The number of rotatable bonds is 8. The number of amides is 1. The average molecular weight is 433 g/mol. The summed E-state index contributed by atoms with van der Waals surface area (Å²) < 4.78 is 30.4. The zero-order chi connectivity index (χ0) is 20.9. The fourth-order valence-corrected chi connectivity index (χ4v) is 3.31. The van der Waals surface area contributed by atoms with Gasteiger partial charge in [0.15, 0.2) is 0 Å². The molecule has 0 unspecified atom stereocenters. The standard InChI is InChI=1S/C21H21ClN2O4S/c1-29(26,27)24-13-12-15-2-4-17(5-3-15)21(25)23-14-19-10-11-20(28-19)16-6-8-18(22)9-7-16/h2-11,24H,12-14H2,1H3,(H,23,25). The first-order chi connectivity index (χ1) is 13.8. The maximum Gasteiger partial charge on any atom is 0.251 e. The molecular weight excluding hydrogens is 412 g/mol. The van der Waals surface area contributed by atoms with Gasteiger partial charge in [-0.1, -0.05) is 23.7 Å². The average Bonchev–Trinajstić information content (AvgIpc) is 3.15. The molecule has 29 heavy (non-hydrogen) atoms. The molecule has 1 heterocycles. The van der Waals surface area contributed by atoms with Crippen molar-refractivity contribution in [3.8, 4) is 11.3 Å². The lowest BCUT2D eigenvalue weighted by atomic mass is 10.1. The van der Waals surface area contributed by atoms with E-state index in [1.807, 2.05) is 36.4 Å². The van der Waals surface area contributed by atoms with Crippen LogP contribution in [0.15, 0.2) is 65.1 Å². The van der Waals surface area contributed by atoms with E-state index in [1.54, 1.807) is 24.3 Å². The zero-order valence-corrected chi connectivity index (χ0v) is 17.4. The molecule has 0 spiro atoms. The third kappa shape index (κ3) is 6.45. The molecule has 2 aromatic carbocycles. The van der Waals surface area contributed by atoms with Gasteiger partial charge in [-0.2, -0.15) is 0 Å². The van der Waals surface area contributed by atoms with Gasteiger partial charge in [0.05, 0.1) is 12.8 Å². The second-order valence-electron chi connectivity index (χ2n) is 6.57. The van der Waals surface area contributed by atoms with E-state index in [2.05, 4.69) is 10.0 Å². The largest absolute Gasteiger partial charge is 0.459 e. The number of furan rings is 1. The smallest absolute Gasteiger partial charge is 0.251 e.